The Labute approximate surface area is 97.2 Å². The highest BCUT2D eigenvalue weighted by molar-refractivity contribution is 5.76. The second kappa shape index (κ2) is 4.02. The van der Waals surface area contributed by atoms with Gasteiger partial charge in [0.25, 0.3) is 0 Å². The van der Waals surface area contributed by atoms with Crippen LogP contribution in [0, 0.1) is 17.3 Å². The molecule has 0 aromatic carbocycles. The van der Waals surface area contributed by atoms with Gasteiger partial charge in [-0.3, -0.25) is 4.79 Å². The number of aliphatic hydroxyl groups is 1. The molecule has 0 saturated heterocycles. The number of ether oxygens (including phenoxy) is 1. The maximum absolute atomic E-state index is 11.9. The Morgan fingerprint density at radius 3 is 2.50 bits per heavy atom. The minimum Gasteiger partial charge on any atom is -0.459 e. The van der Waals surface area contributed by atoms with Gasteiger partial charge in [-0.15, -0.1) is 0 Å². The Bertz CT molecular complexity index is 283. The number of aliphatic hydroxyl groups excluding tert-OH is 1. The zero-order valence-electron chi connectivity index (χ0n) is 10.4. The summed E-state index contributed by atoms with van der Waals surface area (Å²) >= 11 is 0. The van der Waals surface area contributed by atoms with Gasteiger partial charge in [-0.1, -0.05) is 6.92 Å². The molecular weight excluding hydrogens is 204 g/mol. The van der Waals surface area contributed by atoms with E-state index in [2.05, 4.69) is 0 Å². The van der Waals surface area contributed by atoms with Gasteiger partial charge in [-0.05, 0) is 51.4 Å². The fourth-order valence-electron chi connectivity index (χ4n) is 2.80. The van der Waals surface area contributed by atoms with Gasteiger partial charge in [0.05, 0.1) is 11.5 Å². The van der Waals surface area contributed by atoms with Crippen molar-refractivity contribution in [2.45, 2.75) is 58.7 Å². The molecule has 16 heavy (non-hydrogen) atoms. The van der Waals surface area contributed by atoms with E-state index in [9.17, 15) is 9.90 Å². The van der Waals surface area contributed by atoms with Gasteiger partial charge in [0.15, 0.2) is 0 Å². The third kappa shape index (κ3) is 1.86. The zero-order chi connectivity index (χ0) is 11.9. The summed E-state index contributed by atoms with van der Waals surface area (Å²) in [6.45, 7) is 5.78. The van der Waals surface area contributed by atoms with Gasteiger partial charge in [0, 0.05) is 0 Å². The van der Waals surface area contributed by atoms with Gasteiger partial charge in [-0.2, -0.15) is 0 Å². The third-order valence-corrected chi connectivity index (χ3v) is 4.48. The van der Waals surface area contributed by atoms with Crippen LogP contribution in [-0.4, -0.2) is 23.3 Å². The first-order valence-electron chi connectivity index (χ1n) is 6.35. The van der Waals surface area contributed by atoms with Crippen LogP contribution in [0.3, 0.4) is 0 Å². The van der Waals surface area contributed by atoms with Crippen molar-refractivity contribution in [2.24, 2.45) is 17.3 Å². The molecule has 3 heteroatoms. The van der Waals surface area contributed by atoms with Crippen LogP contribution in [0.25, 0.3) is 0 Å². The van der Waals surface area contributed by atoms with E-state index in [4.69, 9.17) is 4.74 Å². The van der Waals surface area contributed by atoms with E-state index in [1.165, 1.54) is 0 Å². The van der Waals surface area contributed by atoms with E-state index < -0.39 is 11.5 Å². The van der Waals surface area contributed by atoms with Gasteiger partial charge in [0.1, 0.15) is 6.10 Å². The molecule has 2 rings (SSSR count). The number of carbonyl (C=O) groups excluding carboxylic acids is 1. The maximum Gasteiger partial charge on any atom is 0.311 e. The molecule has 4 unspecified atom stereocenters. The molecule has 2 aliphatic rings. The van der Waals surface area contributed by atoms with Crippen LogP contribution >= 0.6 is 0 Å². The molecule has 2 bridgehead atoms. The molecule has 92 valence electrons. The van der Waals surface area contributed by atoms with Crippen molar-refractivity contribution < 1.29 is 14.6 Å². The molecule has 0 aromatic rings. The first kappa shape index (κ1) is 11.9. The molecule has 2 aliphatic carbocycles. The second-order valence-corrected chi connectivity index (χ2v) is 5.93. The summed E-state index contributed by atoms with van der Waals surface area (Å²) in [5, 5.41) is 9.99. The van der Waals surface area contributed by atoms with Crippen LogP contribution in [-0.2, 0) is 9.53 Å². The van der Waals surface area contributed by atoms with E-state index in [0.29, 0.717) is 11.8 Å². The first-order valence-corrected chi connectivity index (χ1v) is 6.35. The summed E-state index contributed by atoms with van der Waals surface area (Å²) in [5.74, 6) is 0.607. The standard InChI is InChI=1S/C13H22O3/c1-4-13(2,3)12(15)16-11-9-6-5-8(7-9)10(11)14/h8-11,14H,4-7H2,1-3H3. The molecule has 0 spiro atoms. The SMILES string of the molecule is CCC(C)(C)C(=O)OC1C2CCC(C2)C1O. The monoisotopic (exact) mass is 226 g/mol. The average molecular weight is 226 g/mol. The second-order valence-electron chi connectivity index (χ2n) is 5.93. The first-order chi connectivity index (χ1) is 7.45. The van der Waals surface area contributed by atoms with Crippen LogP contribution in [0.5, 0.6) is 0 Å². The number of rotatable bonds is 3. The predicted molar refractivity (Wildman–Crippen MR) is 60.8 cm³/mol. The molecule has 2 fully saturated rings. The smallest absolute Gasteiger partial charge is 0.311 e. The van der Waals surface area contributed by atoms with E-state index in [1.807, 2.05) is 20.8 Å². The fraction of sp³-hybridized carbons (Fsp3) is 0.923. The minimum absolute atomic E-state index is 0.161. The number of hydrogen-bond acceptors (Lipinski definition) is 3. The summed E-state index contributed by atoms with van der Waals surface area (Å²) < 4.78 is 5.52. The maximum atomic E-state index is 11.9. The van der Waals surface area contributed by atoms with Gasteiger partial charge >= 0.3 is 5.97 Å². The van der Waals surface area contributed by atoms with Crippen molar-refractivity contribution in [3.05, 3.63) is 0 Å². The highest BCUT2D eigenvalue weighted by Crippen LogP contribution is 2.46. The molecule has 0 aliphatic heterocycles. The lowest BCUT2D eigenvalue weighted by atomic mass is 9.89. The van der Waals surface area contributed by atoms with Crippen molar-refractivity contribution in [3.63, 3.8) is 0 Å². The largest absolute Gasteiger partial charge is 0.459 e. The van der Waals surface area contributed by atoms with Crippen molar-refractivity contribution in [2.75, 3.05) is 0 Å². The quantitative estimate of drug-likeness (QED) is 0.750. The number of carbonyl (C=O) groups is 1. The minimum atomic E-state index is -0.429. The average Bonchev–Trinajstić information content (AvgIpc) is 2.82. The van der Waals surface area contributed by atoms with Crippen molar-refractivity contribution >= 4 is 5.97 Å². The molecule has 3 nitrogen and oxygen atoms in total. The van der Waals surface area contributed by atoms with E-state index in [0.717, 1.165) is 25.7 Å². The fourth-order valence-corrected chi connectivity index (χ4v) is 2.80. The van der Waals surface area contributed by atoms with Crippen LogP contribution < -0.4 is 0 Å². The normalized spacial score (nSPS) is 37.8. The molecular formula is C13H22O3. The summed E-state index contributed by atoms with van der Waals surface area (Å²) in [6.07, 6.45) is 3.34. The predicted octanol–water partition coefficient (Wildman–Crippen LogP) is 2.13. The van der Waals surface area contributed by atoms with Gasteiger partial charge < -0.3 is 9.84 Å². The van der Waals surface area contributed by atoms with Crippen LogP contribution in [0.15, 0.2) is 0 Å². The molecule has 0 heterocycles. The number of esters is 1. The highest BCUT2D eigenvalue weighted by atomic mass is 16.6. The van der Waals surface area contributed by atoms with Crippen molar-refractivity contribution in [1.82, 2.24) is 0 Å². The lowest BCUT2D eigenvalue weighted by Gasteiger charge is -2.30. The lowest BCUT2D eigenvalue weighted by molar-refractivity contribution is -0.169. The van der Waals surface area contributed by atoms with Crippen molar-refractivity contribution in [3.8, 4) is 0 Å². The molecule has 1 N–H and O–H groups in total. The summed E-state index contributed by atoms with van der Waals surface area (Å²) in [7, 11) is 0. The van der Waals surface area contributed by atoms with E-state index >= 15 is 0 Å². The van der Waals surface area contributed by atoms with Crippen LogP contribution in [0.4, 0.5) is 0 Å². The summed E-state index contributed by atoms with van der Waals surface area (Å²) in [4.78, 5) is 11.9. The molecule has 4 atom stereocenters. The third-order valence-electron chi connectivity index (χ3n) is 4.48. The van der Waals surface area contributed by atoms with Crippen molar-refractivity contribution in [1.29, 1.82) is 0 Å². The molecule has 0 amide bonds. The van der Waals surface area contributed by atoms with Crippen LogP contribution in [0.1, 0.15) is 46.5 Å². The lowest BCUT2D eigenvalue weighted by Crippen LogP contribution is -2.39. The number of fused-ring (bicyclic) bond motifs is 2. The van der Waals surface area contributed by atoms with Crippen LogP contribution in [0.2, 0.25) is 0 Å². The Morgan fingerprint density at radius 2 is 2.00 bits per heavy atom. The molecule has 2 saturated carbocycles. The van der Waals surface area contributed by atoms with E-state index in [-0.39, 0.29) is 12.1 Å². The summed E-state index contributed by atoms with van der Waals surface area (Å²) in [5.41, 5.74) is -0.429. The number of hydrogen-bond donors (Lipinski definition) is 1. The Kier molecular flexibility index (Phi) is 2.99. The van der Waals surface area contributed by atoms with Gasteiger partial charge in [-0.25, -0.2) is 0 Å². The summed E-state index contributed by atoms with van der Waals surface area (Å²) in [6, 6.07) is 0. The highest BCUT2D eigenvalue weighted by Gasteiger charge is 2.49. The Morgan fingerprint density at radius 1 is 1.38 bits per heavy atom. The van der Waals surface area contributed by atoms with Gasteiger partial charge in [0.2, 0.25) is 0 Å². The Balaban J connectivity index is 1.98. The topological polar surface area (TPSA) is 46.5 Å². The Hall–Kier alpha value is -0.570. The molecule has 0 aromatic heterocycles. The zero-order valence-corrected chi connectivity index (χ0v) is 10.4. The molecule has 0 radical (unpaired) electrons. The van der Waals surface area contributed by atoms with E-state index in [1.54, 1.807) is 0 Å².